The molecule has 4 nitrogen and oxygen atoms in total. The Kier molecular flexibility index (Phi) is 3.94. The van der Waals surface area contributed by atoms with Crippen molar-refractivity contribution in [2.75, 3.05) is 10.2 Å². The first-order chi connectivity index (χ1) is 10.6. The number of para-hydroxylation sites is 2. The molecule has 1 aliphatic rings. The second-order valence-corrected chi connectivity index (χ2v) is 5.75. The zero-order valence-electron chi connectivity index (χ0n) is 11.4. The van der Waals surface area contributed by atoms with E-state index in [2.05, 4.69) is 21.2 Å². The van der Waals surface area contributed by atoms with E-state index in [1.807, 2.05) is 18.2 Å². The molecule has 1 saturated heterocycles. The maximum atomic E-state index is 13.8. The van der Waals surface area contributed by atoms with Crippen molar-refractivity contribution in [1.82, 2.24) is 0 Å². The predicted molar refractivity (Wildman–Crippen MR) is 85.1 cm³/mol. The van der Waals surface area contributed by atoms with Gasteiger partial charge in [-0.1, -0.05) is 24.3 Å². The standard InChI is InChI=1S/C16H12BrFN2O2/c17-10-5-1-3-7-12(10)19-13-9-15(21)20(16(13)22)14-8-4-2-6-11(14)18/h1-8,13,19H,9H2/t13-/m1/s1. The predicted octanol–water partition coefficient (Wildman–Crippen LogP) is 3.33. The highest BCUT2D eigenvalue weighted by atomic mass is 79.9. The first-order valence-corrected chi connectivity index (χ1v) is 7.49. The van der Waals surface area contributed by atoms with Crippen molar-refractivity contribution < 1.29 is 14.0 Å². The molecule has 0 aliphatic carbocycles. The second-order valence-electron chi connectivity index (χ2n) is 4.90. The number of hydrogen-bond donors (Lipinski definition) is 1. The number of nitrogens with one attached hydrogen (secondary N) is 1. The molecule has 0 saturated carbocycles. The molecule has 22 heavy (non-hydrogen) atoms. The van der Waals surface area contributed by atoms with Crippen LogP contribution >= 0.6 is 15.9 Å². The summed E-state index contributed by atoms with van der Waals surface area (Å²) in [7, 11) is 0. The molecule has 3 rings (SSSR count). The number of hydrogen-bond acceptors (Lipinski definition) is 3. The third-order valence-electron chi connectivity index (χ3n) is 3.44. The van der Waals surface area contributed by atoms with Crippen molar-refractivity contribution in [3.05, 3.63) is 58.8 Å². The molecule has 0 unspecified atom stereocenters. The summed E-state index contributed by atoms with van der Waals surface area (Å²) in [6, 6.07) is 12.4. The summed E-state index contributed by atoms with van der Waals surface area (Å²) in [5, 5.41) is 3.03. The molecule has 2 aromatic carbocycles. The Bertz CT molecular complexity index is 750. The summed E-state index contributed by atoms with van der Waals surface area (Å²) in [6.07, 6.45) is -0.00545. The van der Waals surface area contributed by atoms with Gasteiger partial charge in [-0.3, -0.25) is 9.59 Å². The van der Waals surface area contributed by atoms with Gasteiger partial charge in [0.05, 0.1) is 12.1 Å². The normalized spacial score (nSPS) is 17.9. The summed E-state index contributed by atoms with van der Waals surface area (Å²) in [5.41, 5.74) is 0.706. The van der Waals surface area contributed by atoms with E-state index in [0.29, 0.717) is 5.69 Å². The van der Waals surface area contributed by atoms with E-state index in [1.54, 1.807) is 12.1 Å². The van der Waals surface area contributed by atoms with Crippen molar-refractivity contribution in [3.63, 3.8) is 0 Å². The monoisotopic (exact) mass is 362 g/mol. The molecule has 0 bridgehead atoms. The van der Waals surface area contributed by atoms with Gasteiger partial charge < -0.3 is 5.32 Å². The van der Waals surface area contributed by atoms with E-state index in [-0.39, 0.29) is 12.1 Å². The van der Waals surface area contributed by atoms with Crippen LogP contribution in [0.2, 0.25) is 0 Å². The van der Waals surface area contributed by atoms with Crippen LogP contribution in [-0.4, -0.2) is 17.9 Å². The number of amides is 2. The fourth-order valence-electron chi connectivity index (χ4n) is 2.40. The Morgan fingerprint density at radius 3 is 2.50 bits per heavy atom. The molecule has 0 aromatic heterocycles. The lowest BCUT2D eigenvalue weighted by atomic mass is 10.2. The lowest BCUT2D eigenvalue weighted by Gasteiger charge is -2.17. The SMILES string of the molecule is O=C1C[C@@H](Nc2ccccc2Br)C(=O)N1c1ccccc1F. The minimum Gasteiger partial charge on any atom is -0.372 e. The molecule has 0 spiro atoms. The van der Waals surface area contributed by atoms with Gasteiger partial charge in [-0.15, -0.1) is 0 Å². The van der Waals surface area contributed by atoms with E-state index in [1.165, 1.54) is 18.2 Å². The summed E-state index contributed by atoms with van der Waals surface area (Å²) >= 11 is 3.38. The van der Waals surface area contributed by atoms with E-state index in [9.17, 15) is 14.0 Å². The Labute approximate surface area is 135 Å². The van der Waals surface area contributed by atoms with Crippen molar-refractivity contribution in [3.8, 4) is 0 Å². The maximum absolute atomic E-state index is 13.8. The van der Waals surface area contributed by atoms with Crippen molar-refractivity contribution >= 4 is 39.1 Å². The first-order valence-electron chi connectivity index (χ1n) is 6.70. The van der Waals surface area contributed by atoms with Crippen LogP contribution < -0.4 is 10.2 Å². The largest absolute Gasteiger partial charge is 0.372 e. The molecular formula is C16H12BrFN2O2. The van der Waals surface area contributed by atoms with Gasteiger partial charge in [0.15, 0.2) is 0 Å². The molecule has 2 aromatic rings. The van der Waals surface area contributed by atoms with Crippen molar-refractivity contribution in [2.45, 2.75) is 12.5 Å². The lowest BCUT2D eigenvalue weighted by Crippen LogP contribution is -2.35. The Morgan fingerprint density at radius 2 is 1.77 bits per heavy atom. The molecule has 1 aliphatic heterocycles. The van der Waals surface area contributed by atoms with Crippen LogP contribution in [0, 0.1) is 5.82 Å². The fourth-order valence-corrected chi connectivity index (χ4v) is 2.80. The second kappa shape index (κ2) is 5.88. The molecular weight excluding hydrogens is 351 g/mol. The van der Waals surface area contributed by atoms with Gasteiger partial charge in [-0.25, -0.2) is 9.29 Å². The summed E-state index contributed by atoms with van der Waals surface area (Å²) < 4.78 is 14.6. The van der Waals surface area contributed by atoms with Crippen LogP contribution in [0.25, 0.3) is 0 Å². The molecule has 1 fully saturated rings. The van der Waals surface area contributed by atoms with Gasteiger partial charge in [0, 0.05) is 10.2 Å². The number of rotatable bonds is 3. The Morgan fingerprint density at radius 1 is 1.09 bits per heavy atom. The molecule has 1 N–H and O–H groups in total. The fraction of sp³-hybridized carbons (Fsp3) is 0.125. The summed E-state index contributed by atoms with van der Waals surface area (Å²) in [5.74, 6) is -1.46. The van der Waals surface area contributed by atoms with Crippen LogP contribution in [-0.2, 0) is 9.59 Å². The van der Waals surface area contributed by atoms with Gasteiger partial charge in [-0.2, -0.15) is 0 Å². The van der Waals surface area contributed by atoms with Gasteiger partial charge in [0.1, 0.15) is 11.9 Å². The van der Waals surface area contributed by atoms with Crippen LogP contribution in [0.15, 0.2) is 53.0 Å². The zero-order valence-corrected chi connectivity index (χ0v) is 13.0. The number of nitrogens with zero attached hydrogens (tertiary/aromatic N) is 1. The molecule has 1 heterocycles. The van der Waals surface area contributed by atoms with Gasteiger partial charge in [0.2, 0.25) is 5.91 Å². The lowest BCUT2D eigenvalue weighted by molar-refractivity contribution is -0.121. The van der Waals surface area contributed by atoms with Crippen LogP contribution in [0.1, 0.15) is 6.42 Å². The quantitative estimate of drug-likeness (QED) is 0.852. The molecule has 2 amide bonds. The summed E-state index contributed by atoms with van der Waals surface area (Å²) in [6.45, 7) is 0. The molecule has 0 radical (unpaired) electrons. The topological polar surface area (TPSA) is 49.4 Å². The molecule has 1 atom stereocenters. The number of imide groups is 1. The minimum absolute atomic E-state index is 0.00545. The van der Waals surface area contributed by atoms with E-state index in [4.69, 9.17) is 0 Å². The number of carbonyl (C=O) groups excluding carboxylic acids is 2. The van der Waals surface area contributed by atoms with Crippen LogP contribution in [0.4, 0.5) is 15.8 Å². The van der Waals surface area contributed by atoms with Gasteiger partial charge in [-0.05, 0) is 40.2 Å². The highest BCUT2D eigenvalue weighted by molar-refractivity contribution is 9.10. The number of anilines is 2. The van der Waals surface area contributed by atoms with Crippen molar-refractivity contribution in [1.29, 1.82) is 0 Å². The van der Waals surface area contributed by atoms with Gasteiger partial charge >= 0.3 is 0 Å². The maximum Gasteiger partial charge on any atom is 0.256 e. The number of carbonyl (C=O) groups is 2. The van der Waals surface area contributed by atoms with Crippen LogP contribution in [0.3, 0.4) is 0 Å². The highest BCUT2D eigenvalue weighted by Gasteiger charge is 2.40. The average molecular weight is 363 g/mol. The van der Waals surface area contributed by atoms with Crippen molar-refractivity contribution in [2.24, 2.45) is 0 Å². The summed E-state index contributed by atoms with van der Waals surface area (Å²) in [4.78, 5) is 25.5. The van der Waals surface area contributed by atoms with Gasteiger partial charge in [0.25, 0.3) is 5.91 Å². The smallest absolute Gasteiger partial charge is 0.256 e. The third kappa shape index (κ3) is 2.62. The highest BCUT2D eigenvalue weighted by Crippen LogP contribution is 2.29. The Balaban J connectivity index is 1.86. The van der Waals surface area contributed by atoms with Crippen LogP contribution in [0.5, 0.6) is 0 Å². The zero-order chi connectivity index (χ0) is 15.7. The van der Waals surface area contributed by atoms with E-state index >= 15 is 0 Å². The third-order valence-corrected chi connectivity index (χ3v) is 4.14. The number of halogens is 2. The first kappa shape index (κ1) is 14.7. The van der Waals surface area contributed by atoms with E-state index in [0.717, 1.165) is 9.37 Å². The minimum atomic E-state index is -0.703. The molecule has 6 heteroatoms. The van der Waals surface area contributed by atoms with E-state index < -0.39 is 23.7 Å². The average Bonchev–Trinajstić information content (AvgIpc) is 2.77. The Hall–Kier alpha value is -2.21. The molecule has 112 valence electrons. The number of benzene rings is 2.